The van der Waals surface area contributed by atoms with Crippen LogP contribution in [0.5, 0.6) is 0 Å². The van der Waals surface area contributed by atoms with E-state index in [1.807, 2.05) is 17.9 Å². The molecule has 0 aliphatic heterocycles. The Morgan fingerprint density at radius 1 is 1.53 bits per heavy atom. The van der Waals surface area contributed by atoms with Crippen LogP contribution in [0.1, 0.15) is 44.3 Å². The molecule has 1 unspecified atom stereocenters. The van der Waals surface area contributed by atoms with Gasteiger partial charge in [0.2, 0.25) is 0 Å². The summed E-state index contributed by atoms with van der Waals surface area (Å²) in [5.41, 5.74) is 1.21. The highest BCUT2D eigenvalue weighted by Gasteiger charge is 2.15. The van der Waals surface area contributed by atoms with Gasteiger partial charge in [-0.3, -0.25) is 4.68 Å². The Bertz CT molecular complexity index is 331. The first-order chi connectivity index (χ1) is 8.27. The number of hydrogen-bond acceptors (Lipinski definition) is 3. The van der Waals surface area contributed by atoms with E-state index in [0.29, 0.717) is 12.1 Å². The van der Waals surface area contributed by atoms with Crippen molar-refractivity contribution in [2.75, 3.05) is 13.2 Å². The van der Waals surface area contributed by atoms with Gasteiger partial charge >= 0.3 is 0 Å². The van der Waals surface area contributed by atoms with Crippen molar-refractivity contribution in [3.8, 4) is 0 Å². The zero-order chi connectivity index (χ0) is 12.1. The highest BCUT2D eigenvalue weighted by atomic mass is 16.5. The highest BCUT2D eigenvalue weighted by Crippen LogP contribution is 2.20. The molecule has 1 aliphatic carbocycles. The fourth-order valence-electron chi connectivity index (χ4n) is 2.47. The Hall–Kier alpha value is -0.870. The number of rotatable bonds is 6. The van der Waals surface area contributed by atoms with Crippen LogP contribution in [0.15, 0.2) is 12.3 Å². The predicted molar refractivity (Wildman–Crippen MR) is 67.8 cm³/mol. The fourth-order valence-corrected chi connectivity index (χ4v) is 2.47. The van der Waals surface area contributed by atoms with Gasteiger partial charge in [-0.15, -0.1) is 0 Å². The van der Waals surface area contributed by atoms with Crippen molar-refractivity contribution in [1.29, 1.82) is 0 Å². The molecule has 1 aromatic heterocycles. The fraction of sp³-hybridized carbons (Fsp3) is 0.769. The third-order valence-electron chi connectivity index (χ3n) is 3.51. The maximum Gasteiger partial charge on any atom is 0.0594 e. The van der Waals surface area contributed by atoms with Crippen LogP contribution in [0.2, 0.25) is 0 Å². The Balaban J connectivity index is 1.63. The normalized spacial score (nSPS) is 18.7. The lowest BCUT2D eigenvalue weighted by Gasteiger charge is -2.16. The van der Waals surface area contributed by atoms with Gasteiger partial charge in [0, 0.05) is 25.8 Å². The van der Waals surface area contributed by atoms with Crippen LogP contribution < -0.4 is 5.32 Å². The molecule has 0 amide bonds. The Morgan fingerprint density at radius 2 is 2.29 bits per heavy atom. The van der Waals surface area contributed by atoms with Crippen molar-refractivity contribution >= 4 is 0 Å². The number of nitrogens with one attached hydrogen (secondary N) is 1. The molecule has 0 bridgehead atoms. The van der Waals surface area contributed by atoms with E-state index in [2.05, 4.69) is 23.4 Å². The summed E-state index contributed by atoms with van der Waals surface area (Å²) in [5.74, 6) is 0. The van der Waals surface area contributed by atoms with Gasteiger partial charge in [0.05, 0.1) is 18.4 Å². The van der Waals surface area contributed by atoms with Gasteiger partial charge in [-0.25, -0.2) is 0 Å². The van der Waals surface area contributed by atoms with Crippen LogP contribution in [0.25, 0.3) is 0 Å². The number of hydrogen-bond donors (Lipinski definition) is 1. The summed E-state index contributed by atoms with van der Waals surface area (Å²) in [5, 5.41) is 7.64. The van der Waals surface area contributed by atoms with Gasteiger partial charge in [-0.05, 0) is 25.8 Å². The van der Waals surface area contributed by atoms with Gasteiger partial charge in [-0.2, -0.15) is 5.10 Å². The molecule has 1 heterocycles. The van der Waals surface area contributed by atoms with Gasteiger partial charge in [-0.1, -0.05) is 12.8 Å². The van der Waals surface area contributed by atoms with Crippen LogP contribution in [-0.2, 0) is 11.8 Å². The molecule has 17 heavy (non-hydrogen) atoms. The maximum absolute atomic E-state index is 5.82. The first-order valence-corrected chi connectivity index (χ1v) is 6.60. The molecule has 1 aliphatic rings. The molecule has 0 spiro atoms. The number of aromatic nitrogens is 2. The first-order valence-electron chi connectivity index (χ1n) is 6.60. The molecule has 1 atom stereocenters. The van der Waals surface area contributed by atoms with Crippen LogP contribution in [0.4, 0.5) is 0 Å². The van der Waals surface area contributed by atoms with Gasteiger partial charge in [0.15, 0.2) is 0 Å². The van der Waals surface area contributed by atoms with Crippen molar-refractivity contribution in [3.63, 3.8) is 0 Å². The molecule has 4 heteroatoms. The van der Waals surface area contributed by atoms with Crippen LogP contribution in [-0.4, -0.2) is 29.0 Å². The lowest BCUT2D eigenvalue weighted by molar-refractivity contribution is 0.0592. The quantitative estimate of drug-likeness (QED) is 0.769. The third kappa shape index (κ3) is 3.54. The average molecular weight is 237 g/mol. The maximum atomic E-state index is 5.82. The largest absolute Gasteiger partial charge is 0.377 e. The van der Waals surface area contributed by atoms with Crippen LogP contribution in [0.3, 0.4) is 0 Å². The van der Waals surface area contributed by atoms with E-state index in [4.69, 9.17) is 4.74 Å². The Morgan fingerprint density at radius 3 is 2.94 bits per heavy atom. The summed E-state index contributed by atoms with van der Waals surface area (Å²) in [6, 6.07) is 2.38. The molecule has 2 rings (SSSR count). The van der Waals surface area contributed by atoms with Gasteiger partial charge in [0.1, 0.15) is 0 Å². The summed E-state index contributed by atoms with van der Waals surface area (Å²) in [6.07, 6.45) is 7.52. The molecule has 0 radical (unpaired) electrons. The second kappa shape index (κ2) is 6.17. The number of ether oxygens (including phenoxy) is 1. The van der Waals surface area contributed by atoms with Crippen molar-refractivity contribution in [2.45, 2.75) is 44.8 Å². The van der Waals surface area contributed by atoms with E-state index < -0.39 is 0 Å². The van der Waals surface area contributed by atoms with Crippen LogP contribution >= 0.6 is 0 Å². The van der Waals surface area contributed by atoms with E-state index in [0.717, 1.165) is 13.2 Å². The summed E-state index contributed by atoms with van der Waals surface area (Å²) < 4.78 is 7.73. The summed E-state index contributed by atoms with van der Waals surface area (Å²) in [7, 11) is 1.97. The van der Waals surface area contributed by atoms with Crippen LogP contribution in [0, 0.1) is 0 Å². The van der Waals surface area contributed by atoms with E-state index in [1.165, 1.54) is 31.4 Å². The smallest absolute Gasteiger partial charge is 0.0594 e. The molecule has 1 fully saturated rings. The van der Waals surface area contributed by atoms with E-state index in [1.54, 1.807) is 0 Å². The van der Waals surface area contributed by atoms with Crippen molar-refractivity contribution in [3.05, 3.63) is 18.0 Å². The minimum Gasteiger partial charge on any atom is -0.377 e. The average Bonchev–Trinajstić information content (AvgIpc) is 2.95. The monoisotopic (exact) mass is 237 g/mol. The molecule has 1 N–H and O–H groups in total. The summed E-state index contributed by atoms with van der Waals surface area (Å²) in [4.78, 5) is 0. The molecule has 4 nitrogen and oxygen atoms in total. The number of aryl methyl sites for hydroxylation is 1. The molecule has 1 saturated carbocycles. The molecular weight excluding hydrogens is 214 g/mol. The molecule has 0 saturated heterocycles. The Labute approximate surface area is 103 Å². The van der Waals surface area contributed by atoms with Crippen molar-refractivity contribution in [1.82, 2.24) is 15.1 Å². The van der Waals surface area contributed by atoms with E-state index in [9.17, 15) is 0 Å². The highest BCUT2D eigenvalue weighted by molar-refractivity contribution is 5.04. The minimum absolute atomic E-state index is 0.328. The second-order valence-electron chi connectivity index (χ2n) is 4.83. The number of nitrogens with zero attached hydrogens (tertiary/aromatic N) is 2. The molecule has 1 aromatic rings. The van der Waals surface area contributed by atoms with E-state index >= 15 is 0 Å². The van der Waals surface area contributed by atoms with Gasteiger partial charge in [0.25, 0.3) is 0 Å². The Kier molecular flexibility index (Phi) is 4.57. The second-order valence-corrected chi connectivity index (χ2v) is 4.83. The molecular formula is C13H23N3O. The predicted octanol–water partition coefficient (Wildman–Crippen LogP) is 2.03. The van der Waals surface area contributed by atoms with E-state index in [-0.39, 0.29) is 0 Å². The zero-order valence-corrected chi connectivity index (χ0v) is 10.9. The third-order valence-corrected chi connectivity index (χ3v) is 3.51. The topological polar surface area (TPSA) is 39.1 Å². The zero-order valence-electron chi connectivity index (χ0n) is 10.9. The summed E-state index contributed by atoms with van der Waals surface area (Å²) >= 11 is 0. The first kappa shape index (κ1) is 12.6. The lowest BCUT2D eigenvalue weighted by atomic mass is 10.2. The van der Waals surface area contributed by atoms with Crippen molar-refractivity contribution in [2.24, 2.45) is 7.05 Å². The molecule has 96 valence electrons. The molecule has 0 aromatic carbocycles. The minimum atomic E-state index is 0.328. The van der Waals surface area contributed by atoms with Crippen molar-refractivity contribution < 1.29 is 4.74 Å². The SMILES string of the molecule is CC(NCCOC1CCCC1)c1ccnn1C. The van der Waals surface area contributed by atoms with Gasteiger partial charge < -0.3 is 10.1 Å². The standard InChI is InChI=1S/C13H23N3O/c1-11(13-7-8-15-16(13)2)14-9-10-17-12-5-3-4-6-12/h7-8,11-12,14H,3-6,9-10H2,1-2H3. The summed E-state index contributed by atoms with van der Waals surface area (Å²) in [6.45, 7) is 3.88. The lowest BCUT2D eigenvalue weighted by Crippen LogP contribution is -2.26.